The van der Waals surface area contributed by atoms with E-state index in [9.17, 15) is 14.4 Å². The molecular formula is C11H16N2O4. The summed E-state index contributed by atoms with van der Waals surface area (Å²) in [5.74, 6) is -1.29. The Balaban J connectivity index is 2.45. The van der Waals surface area contributed by atoms with Gasteiger partial charge < -0.3 is 5.11 Å². The molecule has 1 saturated heterocycles. The minimum absolute atomic E-state index is 0.123. The van der Waals surface area contributed by atoms with Gasteiger partial charge in [0.1, 0.15) is 0 Å². The number of likely N-dealkylation sites (tertiary alicyclic amines) is 1. The summed E-state index contributed by atoms with van der Waals surface area (Å²) < 4.78 is 0. The van der Waals surface area contributed by atoms with Crippen molar-refractivity contribution < 1.29 is 19.5 Å². The normalized spacial score (nSPS) is 15.7. The van der Waals surface area contributed by atoms with Crippen molar-refractivity contribution in [2.75, 3.05) is 26.2 Å². The van der Waals surface area contributed by atoms with Crippen LogP contribution in [-0.4, -0.2) is 58.9 Å². The fourth-order valence-electron chi connectivity index (χ4n) is 1.72. The zero-order chi connectivity index (χ0) is 12.8. The molecule has 0 saturated carbocycles. The SMILES string of the molecule is C=CCN(CCN1C(=O)CCC1=O)CC(=O)O. The fraction of sp³-hybridized carbons (Fsp3) is 0.545. The molecule has 0 radical (unpaired) electrons. The van der Waals surface area contributed by atoms with Gasteiger partial charge in [-0.2, -0.15) is 0 Å². The van der Waals surface area contributed by atoms with Crippen LogP contribution in [0.15, 0.2) is 12.7 Å². The lowest BCUT2D eigenvalue weighted by Crippen LogP contribution is -2.39. The third-order valence-corrected chi connectivity index (χ3v) is 2.54. The number of amides is 2. The van der Waals surface area contributed by atoms with Crippen LogP contribution in [0.3, 0.4) is 0 Å². The number of nitrogens with zero attached hydrogens (tertiary/aromatic N) is 2. The van der Waals surface area contributed by atoms with Crippen LogP contribution in [0, 0.1) is 0 Å². The van der Waals surface area contributed by atoms with E-state index in [4.69, 9.17) is 5.11 Å². The van der Waals surface area contributed by atoms with E-state index in [-0.39, 0.29) is 37.7 Å². The number of hydrogen-bond donors (Lipinski definition) is 1. The average Bonchev–Trinajstić information content (AvgIpc) is 2.55. The lowest BCUT2D eigenvalue weighted by molar-refractivity contribution is -0.138. The van der Waals surface area contributed by atoms with E-state index in [1.54, 1.807) is 11.0 Å². The summed E-state index contributed by atoms with van der Waals surface area (Å²) in [5, 5.41) is 8.68. The molecule has 1 fully saturated rings. The van der Waals surface area contributed by atoms with Crippen LogP contribution >= 0.6 is 0 Å². The Morgan fingerprint density at radius 3 is 2.47 bits per heavy atom. The molecule has 0 aromatic carbocycles. The summed E-state index contributed by atoms with van der Waals surface area (Å²) >= 11 is 0. The Labute approximate surface area is 99.5 Å². The Bertz CT molecular complexity index is 324. The van der Waals surface area contributed by atoms with Crippen molar-refractivity contribution in [1.29, 1.82) is 0 Å². The van der Waals surface area contributed by atoms with Gasteiger partial charge in [-0.1, -0.05) is 6.08 Å². The second-order valence-corrected chi connectivity index (χ2v) is 3.86. The molecule has 17 heavy (non-hydrogen) atoms. The average molecular weight is 240 g/mol. The van der Waals surface area contributed by atoms with Crippen LogP contribution in [0.1, 0.15) is 12.8 Å². The van der Waals surface area contributed by atoms with Gasteiger partial charge in [0.05, 0.1) is 6.54 Å². The topological polar surface area (TPSA) is 77.9 Å². The summed E-state index contributed by atoms with van der Waals surface area (Å²) in [4.78, 5) is 36.1. The monoisotopic (exact) mass is 240 g/mol. The first-order valence-corrected chi connectivity index (χ1v) is 5.43. The molecule has 1 heterocycles. The van der Waals surface area contributed by atoms with Gasteiger partial charge in [-0.3, -0.25) is 24.2 Å². The maximum Gasteiger partial charge on any atom is 0.317 e. The van der Waals surface area contributed by atoms with Gasteiger partial charge in [-0.05, 0) is 0 Å². The summed E-state index contributed by atoms with van der Waals surface area (Å²) in [6.45, 7) is 4.44. The molecule has 0 aromatic rings. The van der Waals surface area contributed by atoms with Crippen molar-refractivity contribution in [3.8, 4) is 0 Å². The second-order valence-electron chi connectivity index (χ2n) is 3.86. The molecule has 0 atom stereocenters. The smallest absolute Gasteiger partial charge is 0.317 e. The highest BCUT2D eigenvalue weighted by Gasteiger charge is 2.28. The van der Waals surface area contributed by atoms with Crippen LogP contribution in [0.5, 0.6) is 0 Å². The molecule has 1 N–H and O–H groups in total. The van der Waals surface area contributed by atoms with E-state index in [1.807, 2.05) is 0 Å². The first kappa shape index (κ1) is 13.4. The molecule has 0 aliphatic carbocycles. The number of carboxylic acids is 1. The summed E-state index contributed by atoms with van der Waals surface area (Å²) in [5.41, 5.74) is 0. The zero-order valence-corrected chi connectivity index (χ0v) is 9.59. The lowest BCUT2D eigenvalue weighted by atomic mass is 10.4. The minimum Gasteiger partial charge on any atom is -0.480 e. The predicted octanol–water partition coefficient (Wildman–Crippen LogP) is -0.292. The Morgan fingerprint density at radius 1 is 1.41 bits per heavy atom. The largest absolute Gasteiger partial charge is 0.480 e. The van der Waals surface area contributed by atoms with Gasteiger partial charge in [-0.15, -0.1) is 6.58 Å². The van der Waals surface area contributed by atoms with E-state index in [2.05, 4.69) is 6.58 Å². The van der Waals surface area contributed by atoms with Crippen LogP contribution in [0.2, 0.25) is 0 Å². The van der Waals surface area contributed by atoms with Crippen molar-refractivity contribution in [3.63, 3.8) is 0 Å². The highest BCUT2D eigenvalue weighted by atomic mass is 16.4. The molecule has 6 heteroatoms. The standard InChI is InChI=1S/C11H16N2O4/c1-2-5-12(8-11(16)17)6-7-13-9(14)3-4-10(13)15/h2H,1,3-8H2,(H,16,17). The molecular weight excluding hydrogens is 224 g/mol. The first-order chi connectivity index (χ1) is 8.04. The van der Waals surface area contributed by atoms with E-state index in [0.29, 0.717) is 13.1 Å². The zero-order valence-electron chi connectivity index (χ0n) is 9.59. The minimum atomic E-state index is -0.939. The van der Waals surface area contributed by atoms with Crippen LogP contribution in [-0.2, 0) is 14.4 Å². The van der Waals surface area contributed by atoms with E-state index < -0.39 is 5.97 Å². The van der Waals surface area contributed by atoms with Crippen molar-refractivity contribution in [2.45, 2.75) is 12.8 Å². The van der Waals surface area contributed by atoms with E-state index in [0.717, 1.165) is 0 Å². The van der Waals surface area contributed by atoms with Gasteiger partial charge in [-0.25, -0.2) is 0 Å². The fourth-order valence-corrected chi connectivity index (χ4v) is 1.72. The third-order valence-electron chi connectivity index (χ3n) is 2.54. The number of aliphatic carboxylic acids is 1. The summed E-state index contributed by atoms with van der Waals surface area (Å²) in [6.07, 6.45) is 2.12. The molecule has 0 unspecified atom stereocenters. The molecule has 2 amide bonds. The molecule has 1 aliphatic heterocycles. The first-order valence-electron chi connectivity index (χ1n) is 5.43. The second kappa shape index (κ2) is 6.15. The van der Waals surface area contributed by atoms with E-state index >= 15 is 0 Å². The van der Waals surface area contributed by atoms with Crippen molar-refractivity contribution in [3.05, 3.63) is 12.7 Å². The molecule has 0 bridgehead atoms. The molecule has 1 aliphatic rings. The van der Waals surface area contributed by atoms with Gasteiger partial charge in [0.25, 0.3) is 0 Å². The third kappa shape index (κ3) is 3.99. The number of rotatable bonds is 7. The highest BCUT2D eigenvalue weighted by Crippen LogP contribution is 2.11. The molecule has 1 rings (SSSR count). The Kier molecular flexibility index (Phi) is 4.84. The molecule has 6 nitrogen and oxygen atoms in total. The highest BCUT2D eigenvalue weighted by molar-refractivity contribution is 6.01. The molecule has 0 aromatic heterocycles. The number of carbonyl (C=O) groups is 3. The predicted molar refractivity (Wildman–Crippen MR) is 60.2 cm³/mol. The van der Waals surface area contributed by atoms with E-state index in [1.165, 1.54) is 4.90 Å². The van der Waals surface area contributed by atoms with Crippen molar-refractivity contribution in [1.82, 2.24) is 9.80 Å². The van der Waals surface area contributed by atoms with Crippen molar-refractivity contribution in [2.24, 2.45) is 0 Å². The van der Waals surface area contributed by atoms with Crippen molar-refractivity contribution >= 4 is 17.8 Å². The summed E-state index contributed by atoms with van der Waals surface area (Å²) in [7, 11) is 0. The number of carboxylic acid groups (broad SMARTS) is 1. The van der Waals surface area contributed by atoms with Gasteiger partial charge in [0.15, 0.2) is 0 Å². The maximum atomic E-state index is 11.3. The van der Waals surface area contributed by atoms with Crippen LogP contribution in [0.25, 0.3) is 0 Å². The number of carbonyl (C=O) groups excluding carboxylic acids is 2. The van der Waals surface area contributed by atoms with Crippen LogP contribution < -0.4 is 0 Å². The summed E-state index contributed by atoms with van der Waals surface area (Å²) in [6, 6.07) is 0. The quantitative estimate of drug-likeness (QED) is 0.488. The maximum absolute atomic E-state index is 11.3. The number of hydrogen-bond acceptors (Lipinski definition) is 4. The molecule has 94 valence electrons. The Hall–Kier alpha value is -1.69. The Morgan fingerprint density at radius 2 is 2.00 bits per heavy atom. The lowest BCUT2D eigenvalue weighted by Gasteiger charge is -2.21. The van der Waals surface area contributed by atoms with Gasteiger partial charge in [0.2, 0.25) is 11.8 Å². The van der Waals surface area contributed by atoms with Gasteiger partial charge >= 0.3 is 5.97 Å². The van der Waals surface area contributed by atoms with Crippen LogP contribution in [0.4, 0.5) is 0 Å². The van der Waals surface area contributed by atoms with Gasteiger partial charge in [0, 0.05) is 32.5 Å². The number of imide groups is 1. The molecule has 0 spiro atoms.